The molecule has 0 amide bonds. The summed E-state index contributed by atoms with van der Waals surface area (Å²) >= 11 is 0. The van der Waals surface area contributed by atoms with E-state index in [2.05, 4.69) is 4.98 Å². The highest BCUT2D eigenvalue weighted by Crippen LogP contribution is 2.23. The number of fused-ring (bicyclic) bond motifs is 1. The van der Waals surface area contributed by atoms with E-state index < -0.39 is 6.04 Å². The number of aryl methyl sites for hydroxylation is 2. The minimum atomic E-state index is -0.390. The van der Waals surface area contributed by atoms with Crippen LogP contribution in [0, 0.1) is 13.8 Å². The summed E-state index contributed by atoms with van der Waals surface area (Å²) in [6.07, 6.45) is 0. The van der Waals surface area contributed by atoms with Crippen LogP contribution in [-0.2, 0) is 6.54 Å². The summed E-state index contributed by atoms with van der Waals surface area (Å²) in [4.78, 5) is 15.9. The summed E-state index contributed by atoms with van der Waals surface area (Å²) in [5.74, 6) is 0.670. The third kappa shape index (κ3) is 2.60. The van der Waals surface area contributed by atoms with E-state index in [0.717, 1.165) is 16.7 Å². The van der Waals surface area contributed by atoms with Crippen LogP contribution in [0.2, 0.25) is 0 Å². The third-order valence-corrected chi connectivity index (χ3v) is 3.54. The van der Waals surface area contributed by atoms with Gasteiger partial charge in [0, 0.05) is 23.3 Å². The first-order chi connectivity index (χ1) is 10.0. The van der Waals surface area contributed by atoms with Crippen molar-refractivity contribution < 1.29 is 4.42 Å². The van der Waals surface area contributed by atoms with Crippen LogP contribution in [0.15, 0.2) is 45.6 Å². The molecule has 0 aliphatic carbocycles. The van der Waals surface area contributed by atoms with Crippen molar-refractivity contribution in [2.75, 3.05) is 0 Å². The number of rotatable bonds is 3. The van der Waals surface area contributed by atoms with Gasteiger partial charge in [-0.15, -0.1) is 0 Å². The molecule has 0 spiro atoms. The lowest BCUT2D eigenvalue weighted by molar-refractivity contribution is 0.444. The molecule has 0 saturated heterocycles. The van der Waals surface area contributed by atoms with Crippen molar-refractivity contribution in [1.82, 2.24) is 9.55 Å². The van der Waals surface area contributed by atoms with Crippen LogP contribution in [0.25, 0.3) is 11.0 Å². The van der Waals surface area contributed by atoms with Gasteiger partial charge in [-0.05, 0) is 32.0 Å². The topological polar surface area (TPSA) is 74.1 Å². The smallest absolute Gasteiger partial charge is 0.348 e. The number of furan rings is 1. The summed E-state index contributed by atoms with van der Waals surface area (Å²) in [6, 6.07) is 11.1. The van der Waals surface area contributed by atoms with Crippen molar-refractivity contribution in [2.24, 2.45) is 5.73 Å². The summed E-state index contributed by atoms with van der Waals surface area (Å²) in [5.41, 5.74) is 8.27. The highest BCUT2D eigenvalue weighted by atomic mass is 16.3. The molecule has 3 rings (SSSR count). The van der Waals surface area contributed by atoms with Crippen LogP contribution >= 0.6 is 0 Å². The number of aromatic nitrogens is 2. The molecule has 2 heterocycles. The van der Waals surface area contributed by atoms with Gasteiger partial charge in [0.05, 0.1) is 6.04 Å². The van der Waals surface area contributed by atoms with Crippen molar-refractivity contribution in [2.45, 2.75) is 26.4 Å². The number of nitrogens with zero attached hydrogens (tertiary/aromatic N) is 2. The van der Waals surface area contributed by atoms with Crippen molar-refractivity contribution in [3.05, 3.63) is 64.0 Å². The second kappa shape index (κ2) is 5.18. The lowest BCUT2D eigenvalue weighted by Crippen LogP contribution is -2.30. The zero-order chi connectivity index (χ0) is 15.0. The number of benzene rings is 1. The lowest BCUT2D eigenvalue weighted by Gasteiger charge is -2.13. The largest absolute Gasteiger partial charge is 0.459 e. The Morgan fingerprint density at radius 3 is 2.76 bits per heavy atom. The molecule has 108 valence electrons. The summed E-state index contributed by atoms with van der Waals surface area (Å²) in [7, 11) is 0. The highest BCUT2D eigenvalue weighted by Gasteiger charge is 2.14. The minimum absolute atomic E-state index is 0.279. The molecule has 1 unspecified atom stereocenters. The van der Waals surface area contributed by atoms with Crippen LogP contribution in [0.4, 0.5) is 0 Å². The predicted molar refractivity (Wildman–Crippen MR) is 81.1 cm³/mol. The van der Waals surface area contributed by atoms with E-state index in [-0.39, 0.29) is 5.69 Å². The Morgan fingerprint density at radius 1 is 1.29 bits per heavy atom. The van der Waals surface area contributed by atoms with Crippen LogP contribution in [-0.4, -0.2) is 9.55 Å². The monoisotopic (exact) mass is 283 g/mol. The maximum Gasteiger partial charge on any atom is 0.348 e. The van der Waals surface area contributed by atoms with E-state index in [4.69, 9.17) is 10.2 Å². The van der Waals surface area contributed by atoms with E-state index in [1.807, 2.05) is 43.3 Å². The van der Waals surface area contributed by atoms with Crippen molar-refractivity contribution in [1.29, 1.82) is 0 Å². The van der Waals surface area contributed by atoms with Gasteiger partial charge in [0.2, 0.25) is 0 Å². The number of nitrogens with two attached hydrogens (primary N) is 1. The van der Waals surface area contributed by atoms with Gasteiger partial charge in [-0.25, -0.2) is 4.79 Å². The normalized spacial score (nSPS) is 12.7. The van der Waals surface area contributed by atoms with Gasteiger partial charge in [-0.2, -0.15) is 4.98 Å². The molecule has 5 nitrogen and oxygen atoms in total. The molecule has 0 radical (unpaired) electrons. The Morgan fingerprint density at radius 2 is 2.05 bits per heavy atom. The molecule has 0 saturated carbocycles. The molecule has 0 aliphatic rings. The Kier molecular flexibility index (Phi) is 3.35. The fourth-order valence-corrected chi connectivity index (χ4v) is 2.47. The number of hydrogen-bond acceptors (Lipinski definition) is 4. The summed E-state index contributed by atoms with van der Waals surface area (Å²) in [6.45, 7) is 4.02. The van der Waals surface area contributed by atoms with Crippen LogP contribution < -0.4 is 11.4 Å². The molecule has 1 atom stereocenters. The molecule has 0 bridgehead atoms. The second-order valence-electron chi connectivity index (χ2n) is 5.23. The average Bonchev–Trinajstić information content (AvgIpc) is 2.86. The SMILES string of the molecule is Cc1cc(C)n(CC(N)c2cc3ccccc3o2)c(=O)n1. The van der Waals surface area contributed by atoms with Gasteiger partial charge < -0.3 is 10.2 Å². The van der Waals surface area contributed by atoms with E-state index in [0.29, 0.717) is 18.0 Å². The van der Waals surface area contributed by atoms with E-state index in [1.54, 1.807) is 11.5 Å². The van der Waals surface area contributed by atoms with Crippen LogP contribution in [0.1, 0.15) is 23.2 Å². The van der Waals surface area contributed by atoms with Crippen molar-refractivity contribution in [3.8, 4) is 0 Å². The third-order valence-electron chi connectivity index (χ3n) is 3.54. The van der Waals surface area contributed by atoms with Gasteiger partial charge in [0.1, 0.15) is 11.3 Å². The maximum atomic E-state index is 12.0. The number of hydrogen-bond donors (Lipinski definition) is 1. The quantitative estimate of drug-likeness (QED) is 0.800. The molecule has 1 aromatic carbocycles. The number of para-hydroxylation sites is 1. The predicted octanol–water partition coefficient (Wildman–Crippen LogP) is 2.31. The Hall–Kier alpha value is -2.40. The van der Waals surface area contributed by atoms with Gasteiger partial charge in [-0.3, -0.25) is 4.57 Å². The van der Waals surface area contributed by atoms with Gasteiger partial charge in [-0.1, -0.05) is 18.2 Å². The fraction of sp³-hybridized carbons (Fsp3) is 0.250. The molecule has 3 aromatic rings. The van der Waals surface area contributed by atoms with Gasteiger partial charge in [0.25, 0.3) is 0 Å². The minimum Gasteiger partial charge on any atom is -0.459 e. The maximum absolute atomic E-state index is 12.0. The fourth-order valence-electron chi connectivity index (χ4n) is 2.47. The van der Waals surface area contributed by atoms with E-state index in [1.165, 1.54) is 0 Å². The van der Waals surface area contributed by atoms with Crippen LogP contribution in [0.3, 0.4) is 0 Å². The van der Waals surface area contributed by atoms with Crippen LogP contribution in [0.5, 0.6) is 0 Å². The first-order valence-corrected chi connectivity index (χ1v) is 6.84. The molecular formula is C16H17N3O2. The van der Waals surface area contributed by atoms with Gasteiger partial charge >= 0.3 is 5.69 Å². The van der Waals surface area contributed by atoms with Crippen molar-refractivity contribution in [3.63, 3.8) is 0 Å². The van der Waals surface area contributed by atoms with E-state index >= 15 is 0 Å². The van der Waals surface area contributed by atoms with Gasteiger partial charge in [0.15, 0.2) is 0 Å². The highest BCUT2D eigenvalue weighted by molar-refractivity contribution is 5.77. The Labute approximate surface area is 122 Å². The first-order valence-electron chi connectivity index (χ1n) is 6.84. The molecule has 0 fully saturated rings. The lowest BCUT2D eigenvalue weighted by atomic mass is 10.2. The standard InChI is InChI=1S/C16H17N3O2/c1-10-7-11(2)19(16(20)18-10)9-13(17)15-8-12-5-3-4-6-14(12)21-15/h3-8,13H,9,17H2,1-2H3. The Balaban J connectivity index is 1.93. The molecule has 5 heteroatoms. The molecule has 21 heavy (non-hydrogen) atoms. The van der Waals surface area contributed by atoms with Crippen molar-refractivity contribution >= 4 is 11.0 Å². The zero-order valence-electron chi connectivity index (χ0n) is 12.0. The first kappa shape index (κ1) is 13.6. The molecule has 0 aliphatic heterocycles. The summed E-state index contributed by atoms with van der Waals surface area (Å²) < 4.78 is 7.32. The van der Waals surface area contributed by atoms with E-state index in [9.17, 15) is 4.79 Å². The zero-order valence-corrected chi connectivity index (χ0v) is 12.0. The second-order valence-corrected chi connectivity index (χ2v) is 5.23. The molecule has 2 aromatic heterocycles. The summed E-state index contributed by atoms with van der Waals surface area (Å²) in [5, 5.41) is 1.01. The Bertz CT molecular complexity index is 815. The molecule has 2 N–H and O–H groups in total. The average molecular weight is 283 g/mol. The molecular weight excluding hydrogens is 266 g/mol.